The smallest absolute Gasteiger partial charge is 0.481 e. The summed E-state index contributed by atoms with van der Waals surface area (Å²) >= 11 is 0. The van der Waals surface area contributed by atoms with Crippen molar-refractivity contribution in [3.05, 3.63) is 65.2 Å². The third-order valence-corrected chi connectivity index (χ3v) is 5.26. The maximum absolute atomic E-state index is 12.4. The zero-order chi connectivity index (χ0) is 26.0. The molecule has 0 fully saturated rings. The molecule has 0 radical (unpaired) electrons. The Morgan fingerprint density at radius 1 is 0.971 bits per heavy atom. The van der Waals surface area contributed by atoms with Crippen LogP contribution in [0.25, 0.3) is 0 Å². The van der Waals surface area contributed by atoms with Crippen molar-refractivity contribution in [2.75, 3.05) is 13.2 Å². The van der Waals surface area contributed by atoms with E-state index in [9.17, 15) is 32.7 Å². The number of benzene rings is 2. The minimum absolute atomic E-state index is 0.0450. The number of carbonyl (C=O) groups excluding carboxylic acids is 2. The second-order valence-corrected chi connectivity index (χ2v) is 7.76. The van der Waals surface area contributed by atoms with Gasteiger partial charge in [0.25, 0.3) is 5.91 Å². The fourth-order valence-electron chi connectivity index (χ4n) is 3.76. The topological polar surface area (TPSA) is 102 Å². The van der Waals surface area contributed by atoms with Crippen molar-refractivity contribution < 1.29 is 42.1 Å². The SMILES string of the molecule is CCCC(c1ccc(C(=O)NCCC(=O)OCC)cc1)C(C(=O)O)c1ccc(OC(F)(F)F)cc1. The summed E-state index contributed by atoms with van der Waals surface area (Å²) in [7, 11) is 0. The first-order valence-corrected chi connectivity index (χ1v) is 11.2. The number of aliphatic carboxylic acids is 1. The number of hydrogen-bond acceptors (Lipinski definition) is 5. The van der Waals surface area contributed by atoms with Crippen molar-refractivity contribution in [2.45, 2.75) is 51.3 Å². The van der Waals surface area contributed by atoms with Crippen LogP contribution < -0.4 is 10.1 Å². The summed E-state index contributed by atoms with van der Waals surface area (Å²) in [6, 6.07) is 11.3. The van der Waals surface area contributed by atoms with Crippen LogP contribution in [-0.2, 0) is 14.3 Å². The first kappa shape index (κ1) is 27.7. The van der Waals surface area contributed by atoms with Crippen LogP contribution in [-0.4, -0.2) is 42.5 Å². The first-order chi connectivity index (χ1) is 16.6. The molecule has 2 aromatic rings. The Hall–Kier alpha value is -3.56. The van der Waals surface area contributed by atoms with Crippen LogP contribution in [0.4, 0.5) is 13.2 Å². The van der Waals surface area contributed by atoms with Gasteiger partial charge < -0.3 is 19.9 Å². The molecule has 2 N–H and O–H groups in total. The first-order valence-electron chi connectivity index (χ1n) is 11.2. The lowest BCUT2D eigenvalue weighted by molar-refractivity contribution is -0.274. The highest BCUT2D eigenvalue weighted by Crippen LogP contribution is 2.38. The van der Waals surface area contributed by atoms with Crippen molar-refractivity contribution in [1.29, 1.82) is 0 Å². The summed E-state index contributed by atoms with van der Waals surface area (Å²) in [5.41, 5.74) is 1.36. The van der Waals surface area contributed by atoms with Gasteiger partial charge in [0, 0.05) is 18.0 Å². The fraction of sp³-hybridized carbons (Fsp3) is 0.400. The molecule has 0 aliphatic heterocycles. The summed E-state index contributed by atoms with van der Waals surface area (Å²) in [5.74, 6) is -3.84. The number of carbonyl (C=O) groups is 3. The van der Waals surface area contributed by atoms with Crippen LogP contribution in [0.5, 0.6) is 5.75 Å². The number of rotatable bonds is 12. The molecule has 0 aromatic heterocycles. The van der Waals surface area contributed by atoms with Gasteiger partial charge in [0.15, 0.2) is 0 Å². The molecule has 35 heavy (non-hydrogen) atoms. The van der Waals surface area contributed by atoms with Crippen LogP contribution in [0, 0.1) is 0 Å². The lowest BCUT2D eigenvalue weighted by Gasteiger charge is -2.25. The largest absolute Gasteiger partial charge is 0.573 e. The third-order valence-electron chi connectivity index (χ3n) is 5.26. The number of carboxylic acid groups (broad SMARTS) is 1. The molecule has 10 heteroatoms. The molecule has 190 valence electrons. The summed E-state index contributed by atoms with van der Waals surface area (Å²) in [6.07, 6.45) is -3.63. The Labute approximate surface area is 201 Å². The van der Waals surface area contributed by atoms with E-state index in [4.69, 9.17) is 4.74 Å². The van der Waals surface area contributed by atoms with E-state index in [0.717, 1.165) is 12.1 Å². The van der Waals surface area contributed by atoms with Crippen LogP contribution in [0.15, 0.2) is 48.5 Å². The molecular formula is C25H28F3NO6. The summed E-state index contributed by atoms with van der Waals surface area (Å²) < 4.78 is 46.0. The van der Waals surface area contributed by atoms with Crippen molar-refractivity contribution in [2.24, 2.45) is 0 Å². The summed E-state index contributed by atoms with van der Waals surface area (Å²) in [4.78, 5) is 35.9. The predicted molar refractivity (Wildman–Crippen MR) is 121 cm³/mol. The molecule has 7 nitrogen and oxygen atoms in total. The molecule has 0 aliphatic carbocycles. The van der Waals surface area contributed by atoms with Gasteiger partial charge >= 0.3 is 18.3 Å². The number of alkyl halides is 3. The number of amides is 1. The standard InChI is InChI=1S/C25H28F3NO6/c1-3-5-20(22(24(32)33)17-10-12-19(13-11-17)35-25(26,27)28)16-6-8-18(9-7-16)23(31)29-15-14-21(30)34-4-2/h6-13,20,22H,3-5,14-15H2,1-2H3,(H,29,31)(H,32,33). The molecule has 0 aliphatic rings. The molecule has 0 saturated carbocycles. The van der Waals surface area contributed by atoms with E-state index in [-0.39, 0.29) is 25.5 Å². The van der Waals surface area contributed by atoms with E-state index in [2.05, 4.69) is 10.1 Å². The summed E-state index contributed by atoms with van der Waals surface area (Å²) in [6.45, 7) is 3.97. The zero-order valence-electron chi connectivity index (χ0n) is 19.4. The van der Waals surface area contributed by atoms with Gasteiger partial charge in [0.1, 0.15) is 5.75 Å². The van der Waals surface area contributed by atoms with Gasteiger partial charge in [0.05, 0.1) is 18.9 Å². The van der Waals surface area contributed by atoms with E-state index in [0.29, 0.717) is 29.5 Å². The normalized spacial score (nSPS) is 12.9. The Morgan fingerprint density at radius 3 is 2.09 bits per heavy atom. The number of hydrogen-bond donors (Lipinski definition) is 2. The Balaban J connectivity index is 2.19. The van der Waals surface area contributed by atoms with Gasteiger partial charge in [-0.05, 0) is 48.7 Å². The molecule has 0 heterocycles. The van der Waals surface area contributed by atoms with Crippen molar-refractivity contribution in [3.63, 3.8) is 0 Å². The second-order valence-electron chi connectivity index (χ2n) is 7.76. The fourth-order valence-corrected chi connectivity index (χ4v) is 3.76. The lowest BCUT2D eigenvalue weighted by Crippen LogP contribution is -2.26. The van der Waals surface area contributed by atoms with E-state index in [1.54, 1.807) is 31.2 Å². The van der Waals surface area contributed by atoms with E-state index in [1.165, 1.54) is 12.1 Å². The van der Waals surface area contributed by atoms with E-state index in [1.807, 2.05) is 6.92 Å². The molecule has 2 atom stereocenters. The minimum atomic E-state index is -4.84. The maximum atomic E-state index is 12.4. The highest BCUT2D eigenvalue weighted by Gasteiger charge is 2.33. The second kappa shape index (κ2) is 12.8. The van der Waals surface area contributed by atoms with E-state index >= 15 is 0 Å². The van der Waals surface area contributed by atoms with Crippen molar-refractivity contribution >= 4 is 17.8 Å². The molecule has 1 amide bonds. The molecule has 0 bridgehead atoms. The molecule has 2 aromatic carbocycles. The van der Waals surface area contributed by atoms with Crippen molar-refractivity contribution in [1.82, 2.24) is 5.32 Å². The number of esters is 1. The van der Waals surface area contributed by atoms with Gasteiger partial charge in [-0.2, -0.15) is 0 Å². The van der Waals surface area contributed by atoms with Crippen LogP contribution in [0.1, 0.15) is 66.4 Å². The quantitative estimate of drug-likeness (QED) is 0.401. The zero-order valence-corrected chi connectivity index (χ0v) is 19.4. The maximum Gasteiger partial charge on any atom is 0.573 e. The Kier molecular flexibility index (Phi) is 10.1. The Bertz CT molecular complexity index is 990. The minimum Gasteiger partial charge on any atom is -0.481 e. The van der Waals surface area contributed by atoms with Gasteiger partial charge in [-0.15, -0.1) is 13.2 Å². The highest BCUT2D eigenvalue weighted by atomic mass is 19.4. The van der Waals surface area contributed by atoms with Gasteiger partial charge in [-0.1, -0.05) is 37.6 Å². The van der Waals surface area contributed by atoms with E-state index < -0.39 is 35.9 Å². The van der Waals surface area contributed by atoms with Crippen LogP contribution >= 0.6 is 0 Å². The number of ether oxygens (including phenoxy) is 2. The van der Waals surface area contributed by atoms with Crippen LogP contribution in [0.2, 0.25) is 0 Å². The molecule has 2 unspecified atom stereocenters. The molecule has 0 saturated heterocycles. The van der Waals surface area contributed by atoms with Crippen LogP contribution in [0.3, 0.4) is 0 Å². The lowest BCUT2D eigenvalue weighted by atomic mass is 9.78. The monoisotopic (exact) mass is 495 g/mol. The third kappa shape index (κ3) is 8.62. The Morgan fingerprint density at radius 2 is 1.57 bits per heavy atom. The molecule has 0 spiro atoms. The average Bonchev–Trinajstić information content (AvgIpc) is 2.79. The van der Waals surface area contributed by atoms with Gasteiger partial charge in [0.2, 0.25) is 0 Å². The number of halogens is 3. The number of carboxylic acids is 1. The highest BCUT2D eigenvalue weighted by molar-refractivity contribution is 5.94. The van der Waals surface area contributed by atoms with Gasteiger partial charge in [-0.25, -0.2) is 0 Å². The molecular weight excluding hydrogens is 467 g/mol. The molecule has 2 rings (SSSR count). The predicted octanol–water partition coefficient (Wildman–Crippen LogP) is 5.02. The number of nitrogens with one attached hydrogen (secondary N) is 1. The van der Waals surface area contributed by atoms with Gasteiger partial charge in [-0.3, -0.25) is 14.4 Å². The average molecular weight is 495 g/mol. The summed E-state index contributed by atoms with van der Waals surface area (Å²) in [5, 5.41) is 12.6. The van der Waals surface area contributed by atoms with Crippen molar-refractivity contribution in [3.8, 4) is 5.75 Å².